The minimum atomic E-state index is -0.409. The van der Waals surface area contributed by atoms with Gasteiger partial charge in [-0.1, -0.05) is 66.4 Å². The van der Waals surface area contributed by atoms with E-state index in [2.05, 4.69) is 35.2 Å². The van der Waals surface area contributed by atoms with Crippen LogP contribution in [0.3, 0.4) is 0 Å². The van der Waals surface area contributed by atoms with Crippen LogP contribution >= 0.6 is 11.8 Å². The van der Waals surface area contributed by atoms with E-state index < -0.39 is 5.41 Å². The van der Waals surface area contributed by atoms with Crippen LogP contribution in [0.2, 0.25) is 0 Å². The second kappa shape index (κ2) is 8.89. The van der Waals surface area contributed by atoms with Crippen LogP contribution in [0.15, 0.2) is 88.7 Å². The molecule has 0 atom stereocenters. The summed E-state index contributed by atoms with van der Waals surface area (Å²) in [6, 6.07) is 26.6. The van der Waals surface area contributed by atoms with Crippen LogP contribution in [0, 0.1) is 0 Å². The Labute approximate surface area is 188 Å². The first-order chi connectivity index (χ1) is 15.3. The zero-order valence-electron chi connectivity index (χ0n) is 17.6. The van der Waals surface area contributed by atoms with E-state index in [1.54, 1.807) is 11.8 Å². The van der Waals surface area contributed by atoms with Gasteiger partial charge >= 0.3 is 0 Å². The minimum absolute atomic E-state index is 0.299. The van der Waals surface area contributed by atoms with Gasteiger partial charge in [0.1, 0.15) is 5.75 Å². The third-order valence-electron chi connectivity index (χ3n) is 6.53. The van der Waals surface area contributed by atoms with Crippen LogP contribution < -0.4 is 4.74 Å². The van der Waals surface area contributed by atoms with Gasteiger partial charge in [-0.2, -0.15) is 0 Å². The molecule has 1 spiro atoms. The molecule has 0 N–H and O–H groups in total. The van der Waals surface area contributed by atoms with Gasteiger partial charge in [0.2, 0.25) is 0 Å². The van der Waals surface area contributed by atoms with Crippen molar-refractivity contribution >= 4 is 17.5 Å². The van der Waals surface area contributed by atoms with Crippen LogP contribution in [0.4, 0.5) is 0 Å². The van der Waals surface area contributed by atoms with E-state index in [9.17, 15) is 4.79 Å². The molecule has 0 radical (unpaired) electrons. The lowest BCUT2D eigenvalue weighted by molar-refractivity contribution is 0.0759. The van der Waals surface area contributed by atoms with Crippen molar-refractivity contribution in [3.8, 4) is 5.75 Å². The third kappa shape index (κ3) is 4.02. The van der Waals surface area contributed by atoms with Gasteiger partial charge in [0.15, 0.2) is 5.78 Å². The number of piperidine rings is 1. The van der Waals surface area contributed by atoms with Crippen molar-refractivity contribution in [3.63, 3.8) is 0 Å². The fourth-order valence-corrected chi connectivity index (χ4v) is 6.02. The highest BCUT2D eigenvalue weighted by Crippen LogP contribution is 2.48. The van der Waals surface area contributed by atoms with E-state index >= 15 is 0 Å². The summed E-state index contributed by atoms with van der Waals surface area (Å²) in [5.41, 5.74) is 1.69. The van der Waals surface area contributed by atoms with E-state index in [-0.39, 0.29) is 0 Å². The van der Waals surface area contributed by atoms with E-state index in [4.69, 9.17) is 4.74 Å². The predicted octanol–water partition coefficient (Wildman–Crippen LogP) is 5.84. The number of carbonyl (C=O) groups excluding carboxylic acids is 1. The van der Waals surface area contributed by atoms with Crippen LogP contribution in [0.5, 0.6) is 5.75 Å². The summed E-state index contributed by atoms with van der Waals surface area (Å²) in [4.78, 5) is 18.6. The highest BCUT2D eigenvalue weighted by molar-refractivity contribution is 7.99. The maximum absolute atomic E-state index is 13.8. The summed E-state index contributed by atoms with van der Waals surface area (Å²) in [7, 11) is 0. The van der Waals surface area contributed by atoms with E-state index in [0.717, 1.165) is 61.7 Å². The van der Waals surface area contributed by atoms with Crippen LogP contribution in [0.25, 0.3) is 0 Å². The fraction of sp³-hybridized carbons (Fsp3) is 0.296. The number of Topliss-reactive ketones (excluding diaryl/α,β-unsaturated/α-hetero) is 1. The van der Waals surface area contributed by atoms with Crippen molar-refractivity contribution in [1.82, 2.24) is 4.90 Å². The topological polar surface area (TPSA) is 29.5 Å². The van der Waals surface area contributed by atoms with Crippen LogP contribution in [0.1, 0.15) is 35.2 Å². The molecule has 2 aliphatic heterocycles. The number of likely N-dealkylation sites (tertiary alicyclic amines) is 1. The third-order valence-corrected chi connectivity index (χ3v) is 7.68. The lowest BCUT2D eigenvalue weighted by atomic mass is 9.68. The summed E-state index contributed by atoms with van der Waals surface area (Å²) in [6.07, 6.45) is 2.74. The first-order valence-corrected chi connectivity index (χ1v) is 11.9. The zero-order valence-corrected chi connectivity index (χ0v) is 18.4. The van der Waals surface area contributed by atoms with Crippen LogP contribution in [-0.2, 0) is 5.41 Å². The summed E-state index contributed by atoms with van der Waals surface area (Å²) in [5, 5.41) is 0. The molecule has 0 aromatic heterocycles. The average molecular weight is 430 g/mol. The largest absolute Gasteiger partial charge is 0.494 e. The standard InChI is InChI=1S/C27H27NO2S/c29-26-22-11-4-6-13-24(22)31-25-14-7-5-12-23(25)27(26)15-18-28(19-16-27)17-8-20-30-21-9-2-1-3-10-21/h1-7,9-14H,8,15-20H2. The van der Waals surface area contributed by atoms with Crippen molar-refractivity contribution in [2.24, 2.45) is 0 Å². The van der Waals surface area contributed by atoms with Crippen molar-refractivity contribution in [1.29, 1.82) is 0 Å². The molecule has 0 saturated carbocycles. The number of ether oxygens (including phenoxy) is 1. The molecule has 1 saturated heterocycles. The minimum Gasteiger partial charge on any atom is -0.494 e. The molecule has 3 nitrogen and oxygen atoms in total. The maximum Gasteiger partial charge on any atom is 0.174 e. The van der Waals surface area contributed by atoms with Gasteiger partial charge < -0.3 is 9.64 Å². The second-order valence-electron chi connectivity index (χ2n) is 8.36. The number of ketones is 1. The molecule has 31 heavy (non-hydrogen) atoms. The fourth-order valence-electron chi connectivity index (χ4n) is 4.84. The molecule has 3 aromatic carbocycles. The Hall–Kier alpha value is -2.56. The molecule has 158 valence electrons. The maximum atomic E-state index is 13.8. The molecule has 1 fully saturated rings. The van der Waals surface area contributed by atoms with Crippen molar-refractivity contribution in [2.45, 2.75) is 34.5 Å². The summed E-state index contributed by atoms with van der Waals surface area (Å²) in [5.74, 6) is 1.23. The molecule has 2 heterocycles. The Kier molecular flexibility index (Phi) is 5.84. The molecule has 3 aromatic rings. The molecule has 2 aliphatic rings. The summed E-state index contributed by atoms with van der Waals surface area (Å²) >= 11 is 1.74. The van der Waals surface area contributed by atoms with Gasteiger partial charge in [-0.3, -0.25) is 4.79 Å². The Morgan fingerprint density at radius 1 is 0.839 bits per heavy atom. The van der Waals surface area contributed by atoms with Crippen molar-refractivity contribution in [3.05, 3.63) is 90.0 Å². The Balaban J connectivity index is 1.29. The Morgan fingerprint density at radius 3 is 2.32 bits per heavy atom. The average Bonchev–Trinajstić information content (AvgIpc) is 2.92. The molecule has 0 aliphatic carbocycles. The Bertz CT molecular complexity index is 1060. The van der Waals surface area contributed by atoms with Gasteiger partial charge in [-0.05, 0) is 62.2 Å². The van der Waals surface area contributed by atoms with E-state index in [0.29, 0.717) is 5.78 Å². The SMILES string of the molecule is O=C1c2ccccc2Sc2ccccc2C12CCN(CCCOc1ccccc1)CC2. The second-order valence-corrected chi connectivity index (χ2v) is 9.45. The van der Waals surface area contributed by atoms with Gasteiger partial charge in [0.25, 0.3) is 0 Å². The molecule has 0 amide bonds. The molecule has 5 rings (SSSR count). The van der Waals surface area contributed by atoms with Crippen molar-refractivity contribution < 1.29 is 9.53 Å². The highest BCUT2D eigenvalue weighted by Gasteiger charge is 2.46. The van der Waals surface area contributed by atoms with E-state index in [1.807, 2.05) is 48.5 Å². The van der Waals surface area contributed by atoms with Gasteiger partial charge in [0, 0.05) is 21.9 Å². The van der Waals surface area contributed by atoms with Gasteiger partial charge in [-0.25, -0.2) is 0 Å². The first kappa shape index (κ1) is 20.3. The number of hydrogen-bond acceptors (Lipinski definition) is 4. The quantitative estimate of drug-likeness (QED) is 0.477. The number of fused-ring (bicyclic) bond motifs is 3. The molecule has 0 bridgehead atoms. The number of rotatable bonds is 5. The first-order valence-electron chi connectivity index (χ1n) is 11.1. The molecule has 4 heteroatoms. The lowest BCUT2D eigenvalue weighted by Crippen LogP contribution is -2.47. The highest BCUT2D eigenvalue weighted by atomic mass is 32.2. The smallest absolute Gasteiger partial charge is 0.174 e. The van der Waals surface area contributed by atoms with Crippen LogP contribution in [-0.4, -0.2) is 36.9 Å². The van der Waals surface area contributed by atoms with Gasteiger partial charge in [0.05, 0.1) is 12.0 Å². The van der Waals surface area contributed by atoms with Crippen molar-refractivity contribution in [2.75, 3.05) is 26.2 Å². The number of benzene rings is 3. The Morgan fingerprint density at radius 2 is 1.52 bits per heavy atom. The predicted molar refractivity (Wildman–Crippen MR) is 125 cm³/mol. The normalized spacial score (nSPS) is 17.6. The summed E-state index contributed by atoms with van der Waals surface area (Å²) < 4.78 is 5.84. The van der Waals surface area contributed by atoms with E-state index in [1.165, 1.54) is 10.5 Å². The molecule has 0 unspecified atom stereocenters. The number of nitrogens with zero attached hydrogens (tertiary/aromatic N) is 1. The zero-order chi connectivity index (χ0) is 21.1. The lowest BCUT2D eigenvalue weighted by Gasteiger charge is -2.41. The van der Waals surface area contributed by atoms with Gasteiger partial charge in [-0.15, -0.1) is 0 Å². The summed E-state index contributed by atoms with van der Waals surface area (Å²) in [6.45, 7) is 3.61. The number of carbonyl (C=O) groups is 1. The molecular weight excluding hydrogens is 402 g/mol. The monoisotopic (exact) mass is 429 g/mol. The number of para-hydroxylation sites is 1. The molecular formula is C27H27NO2S. The number of hydrogen-bond donors (Lipinski definition) is 0.